The average Bonchev–Trinajstić information content (AvgIpc) is 2.91. The lowest BCUT2D eigenvalue weighted by atomic mass is 10.2. The third kappa shape index (κ3) is 3.92. The number of rotatable bonds is 4. The fraction of sp³-hybridized carbons (Fsp3) is 0.562. The van der Waals surface area contributed by atoms with Crippen molar-refractivity contribution in [2.45, 2.75) is 25.5 Å². The summed E-state index contributed by atoms with van der Waals surface area (Å²) in [6.07, 6.45) is 0.222. The molecule has 2 amide bonds. The van der Waals surface area contributed by atoms with Gasteiger partial charge in [-0.25, -0.2) is 13.2 Å². The van der Waals surface area contributed by atoms with Crippen LogP contribution in [0.5, 0.6) is 11.5 Å². The first-order chi connectivity index (χ1) is 11.5. The van der Waals surface area contributed by atoms with Crippen LogP contribution in [0, 0.1) is 0 Å². The molecule has 0 bridgehead atoms. The molecular formula is C16H22N2O5S. The number of para-hydroxylation sites is 2. The van der Waals surface area contributed by atoms with E-state index in [2.05, 4.69) is 5.32 Å². The summed E-state index contributed by atoms with van der Waals surface area (Å²) >= 11 is 0. The Labute approximate surface area is 141 Å². The van der Waals surface area contributed by atoms with Crippen molar-refractivity contribution in [2.24, 2.45) is 0 Å². The Morgan fingerprint density at radius 1 is 1.33 bits per heavy atom. The van der Waals surface area contributed by atoms with Gasteiger partial charge in [-0.2, -0.15) is 0 Å². The third-order valence-electron chi connectivity index (χ3n) is 4.22. The van der Waals surface area contributed by atoms with E-state index in [0.717, 1.165) is 0 Å². The molecule has 24 heavy (non-hydrogen) atoms. The maximum Gasteiger partial charge on any atom is 0.317 e. The van der Waals surface area contributed by atoms with Crippen molar-refractivity contribution < 1.29 is 22.7 Å². The van der Waals surface area contributed by atoms with Gasteiger partial charge in [0, 0.05) is 12.6 Å². The second-order valence-electron chi connectivity index (χ2n) is 6.09. The zero-order valence-electron chi connectivity index (χ0n) is 13.6. The number of ether oxygens (including phenoxy) is 2. The molecule has 2 heterocycles. The number of likely N-dealkylation sites (N-methyl/N-ethyl adjacent to an activating group) is 1. The highest BCUT2D eigenvalue weighted by molar-refractivity contribution is 7.91. The molecular weight excluding hydrogens is 332 g/mol. The molecule has 2 unspecified atom stereocenters. The predicted octanol–water partition coefficient (Wildman–Crippen LogP) is 1.05. The molecule has 1 aromatic rings. The fourth-order valence-electron chi connectivity index (χ4n) is 2.93. The van der Waals surface area contributed by atoms with Gasteiger partial charge in [0.2, 0.25) is 0 Å². The van der Waals surface area contributed by atoms with Gasteiger partial charge in [-0.15, -0.1) is 0 Å². The van der Waals surface area contributed by atoms with Crippen LogP contribution in [-0.2, 0) is 9.84 Å². The number of urea groups is 1. The lowest BCUT2D eigenvalue weighted by Gasteiger charge is -2.31. The molecule has 1 saturated heterocycles. The van der Waals surface area contributed by atoms with Gasteiger partial charge < -0.3 is 19.7 Å². The lowest BCUT2D eigenvalue weighted by Crippen LogP contribution is -2.50. The molecule has 2 aliphatic rings. The van der Waals surface area contributed by atoms with Crippen LogP contribution in [0.15, 0.2) is 24.3 Å². The van der Waals surface area contributed by atoms with Crippen molar-refractivity contribution in [3.8, 4) is 11.5 Å². The largest absolute Gasteiger partial charge is 0.486 e. The first kappa shape index (κ1) is 16.9. The van der Waals surface area contributed by atoms with Gasteiger partial charge in [-0.05, 0) is 25.5 Å². The maximum absolute atomic E-state index is 12.4. The predicted molar refractivity (Wildman–Crippen MR) is 89.2 cm³/mol. The molecule has 0 aromatic heterocycles. The van der Waals surface area contributed by atoms with Gasteiger partial charge >= 0.3 is 6.03 Å². The topological polar surface area (TPSA) is 84.9 Å². The van der Waals surface area contributed by atoms with Crippen LogP contribution < -0.4 is 14.8 Å². The highest BCUT2D eigenvalue weighted by Gasteiger charge is 2.31. The van der Waals surface area contributed by atoms with Gasteiger partial charge in [0.1, 0.15) is 6.61 Å². The van der Waals surface area contributed by atoms with E-state index in [-0.39, 0.29) is 29.7 Å². The lowest BCUT2D eigenvalue weighted by molar-refractivity contribution is 0.0672. The molecule has 2 atom stereocenters. The van der Waals surface area contributed by atoms with Crippen LogP contribution >= 0.6 is 0 Å². The minimum absolute atomic E-state index is 0.0205. The molecule has 8 heteroatoms. The monoisotopic (exact) mass is 354 g/mol. The van der Waals surface area contributed by atoms with Gasteiger partial charge in [-0.3, -0.25) is 0 Å². The Morgan fingerprint density at radius 3 is 2.75 bits per heavy atom. The van der Waals surface area contributed by atoms with E-state index in [1.54, 1.807) is 4.90 Å². The number of carbonyl (C=O) groups is 1. The smallest absolute Gasteiger partial charge is 0.317 e. The molecule has 1 aromatic carbocycles. The van der Waals surface area contributed by atoms with E-state index in [1.807, 2.05) is 31.2 Å². The molecule has 0 radical (unpaired) electrons. The zero-order chi connectivity index (χ0) is 17.2. The molecule has 7 nitrogen and oxygen atoms in total. The summed E-state index contributed by atoms with van der Waals surface area (Å²) < 4.78 is 34.5. The van der Waals surface area contributed by atoms with Gasteiger partial charge in [-0.1, -0.05) is 12.1 Å². The van der Waals surface area contributed by atoms with Gasteiger partial charge in [0.15, 0.2) is 27.4 Å². The Morgan fingerprint density at radius 2 is 2.08 bits per heavy atom. The van der Waals surface area contributed by atoms with Crippen LogP contribution in [0.25, 0.3) is 0 Å². The van der Waals surface area contributed by atoms with E-state index < -0.39 is 9.84 Å². The zero-order valence-corrected chi connectivity index (χ0v) is 14.4. The molecule has 0 spiro atoms. The standard InChI is InChI=1S/C16H22N2O5S/c1-2-18(16(19)17-12-7-8-24(20,21)11-12)9-13-10-22-14-5-3-4-6-15(14)23-13/h3-6,12-13H,2,7-11H2,1H3,(H,17,19). The van der Waals surface area contributed by atoms with Crippen molar-refractivity contribution in [1.82, 2.24) is 10.2 Å². The summed E-state index contributed by atoms with van der Waals surface area (Å²) in [6.45, 7) is 3.14. The number of hydrogen-bond acceptors (Lipinski definition) is 5. The number of sulfone groups is 1. The Hall–Kier alpha value is -1.96. The summed E-state index contributed by atoms with van der Waals surface area (Å²) in [4.78, 5) is 14.0. The van der Waals surface area contributed by atoms with Gasteiger partial charge in [0.25, 0.3) is 0 Å². The van der Waals surface area contributed by atoms with Crippen LogP contribution in [0.2, 0.25) is 0 Å². The highest BCUT2D eigenvalue weighted by atomic mass is 32.2. The van der Waals surface area contributed by atoms with E-state index in [1.165, 1.54) is 0 Å². The average molecular weight is 354 g/mol. The van der Waals surface area contributed by atoms with Crippen LogP contribution in [-0.4, -0.2) is 62.7 Å². The number of carbonyl (C=O) groups excluding carboxylic acids is 1. The van der Waals surface area contributed by atoms with Crippen molar-refractivity contribution in [3.63, 3.8) is 0 Å². The van der Waals surface area contributed by atoms with Crippen molar-refractivity contribution in [3.05, 3.63) is 24.3 Å². The number of nitrogens with one attached hydrogen (secondary N) is 1. The van der Waals surface area contributed by atoms with Crippen LogP contribution in [0.1, 0.15) is 13.3 Å². The summed E-state index contributed by atoms with van der Waals surface area (Å²) in [7, 11) is -3.01. The summed E-state index contributed by atoms with van der Waals surface area (Å²) in [5, 5.41) is 2.81. The van der Waals surface area contributed by atoms with Crippen LogP contribution in [0.4, 0.5) is 4.79 Å². The third-order valence-corrected chi connectivity index (χ3v) is 5.99. The maximum atomic E-state index is 12.4. The quantitative estimate of drug-likeness (QED) is 0.873. The summed E-state index contributed by atoms with van der Waals surface area (Å²) in [5.41, 5.74) is 0. The molecule has 1 fully saturated rings. The Kier molecular flexibility index (Phi) is 4.84. The van der Waals surface area contributed by atoms with Crippen molar-refractivity contribution in [1.29, 1.82) is 0 Å². The molecule has 132 valence electrons. The highest BCUT2D eigenvalue weighted by Crippen LogP contribution is 2.31. The molecule has 0 saturated carbocycles. The second-order valence-corrected chi connectivity index (χ2v) is 8.31. The van der Waals surface area contributed by atoms with E-state index in [0.29, 0.717) is 37.6 Å². The first-order valence-corrected chi connectivity index (χ1v) is 9.93. The van der Waals surface area contributed by atoms with E-state index in [4.69, 9.17) is 9.47 Å². The number of benzene rings is 1. The van der Waals surface area contributed by atoms with Crippen LogP contribution in [0.3, 0.4) is 0 Å². The fourth-order valence-corrected chi connectivity index (χ4v) is 4.60. The molecule has 2 aliphatic heterocycles. The summed E-state index contributed by atoms with van der Waals surface area (Å²) in [6, 6.07) is 6.86. The number of hydrogen-bond donors (Lipinski definition) is 1. The SMILES string of the molecule is CCN(CC1COc2ccccc2O1)C(=O)NC1CCS(=O)(=O)C1. The molecule has 3 rings (SSSR count). The first-order valence-electron chi connectivity index (χ1n) is 8.11. The normalized spacial score (nSPS) is 24.4. The minimum Gasteiger partial charge on any atom is -0.486 e. The number of amides is 2. The second kappa shape index (κ2) is 6.88. The molecule has 1 N–H and O–H groups in total. The van der Waals surface area contributed by atoms with Crippen molar-refractivity contribution >= 4 is 15.9 Å². The number of nitrogens with zero attached hydrogens (tertiary/aromatic N) is 1. The van der Waals surface area contributed by atoms with E-state index in [9.17, 15) is 13.2 Å². The minimum atomic E-state index is -3.01. The number of fused-ring (bicyclic) bond motifs is 1. The molecule has 0 aliphatic carbocycles. The summed E-state index contributed by atoms with van der Waals surface area (Å²) in [5.74, 6) is 1.54. The Bertz CT molecular complexity index is 706. The van der Waals surface area contributed by atoms with E-state index >= 15 is 0 Å². The van der Waals surface area contributed by atoms with Gasteiger partial charge in [0.05, 0.1) is 18.1 Å². The Balaban J connectivity index is 1.56. The van der Waals surface area contributed by atoms with Crippen molar-refractivity contribution in [2.75, 3.05) is 31.2 Å².